The van der Waals surface area contributed by atoms with Gasteiger partial charge in [-0.1, -0.05) is 74.9 Å². The van der Waals surface area contributed by atoms with E-state index < -0.39 is 60.1 Å². The second-order valence-corrected chi connectivity index (χ2v) is 22.7. The lowest BCUT2D eigenvalue weighted by atomic mass is 9.83. The smallest absolute Gasteiger partial charge is 0.251 e. The summed E-state index contributed by atoms with van der Waals surface area (Å²) >= 11 is 0. The fourth-order valence-corrected chi connectivity index (χ4v) is 12.6. The lowest BCUT2D eigenvalue weighted by Gasteiger charge is -2.35. The normalized spacial score (nSPS) is 24.4. The Kier molecular flexibility index (Phi) is 19.1. The number of amides is 8. The lowest BCUT2D eigenvalue weighted by molar-refractivity contribution is -0.143. The van der Waals surface area contributed by atoms with Gasteiger partial charge in [-0.2, -0.15) is 0 Å². The number of likely N-dealkylation sites (tertiary alicyclic amines) is 2. The first-order valence-corrected chi connectivity index (χ1v) is 29.0. The van der Waals surface area contributed by atoms with Crippen LogP contribution >= 0.6 is 0 Å². The number of hydrogen-bond acceptors (Lipinski definition) is 12. The Morgan fingerprint density at radius 2 is 0.863 bits per heavy atom. The van der Waals surface area contributed by atoms with Crippen molar-refractivity contribution >= 4 is 47.3 Å². The van der Waals surface area contributed by atoms with Crippen molar-refractivity contribution in [2.24, 2.45) is 11.8 Å². The number of para-hydroxylation sites is 2. The van der Waals surface area contributed by atoms with Crippen molar-refractivity contribution < 1.29 is 47.8 Å². The molecule has 0 spiro atoms. The fraction of sp³-hybridized carbons (Fsp3) is 0.567. The number of hydrogen-bond donors (Lipinski definition) is 8. The molecule has 2 aliphatic carbocycles. The Morgan fingerprint density at radius 1 is 0.487 bits per heavy atom. The molecule has 8 N–H and O–H groups in total. The minimum atomic E-state index is -0.955. The van der Waals surface area contributed by atoms with Crippen LogP contribution < -0.4 is 52.0 Å². The minimum Gasteiger partial charge on any atom is -0.493 e. The summed E-state index contributed by atoms with van der Waals surface area (Å²) in [6.07, 6.45) is 10.1. The second-order valence-electron chi connectivity index (χ2n) is 22.7. The van der Waals surface area contributed by atoms with E-state index in [2.05, 4.69) is 42.5 Å². The van der Waals surface area contributed by atoms with Crippen LogP contribution in [0.5, 0.6) is 11.5 Å². The first kappa shape index (κ1) is 57.6. The highest BCUT2D eigenvalue weighted by atomic mass is 16.5. The van der Waals surface area contributed by atoms with E-state index in [1.165, 1.54) is 34.1 Å². The van der Waals surface area contributed by atoms with Crippen molar-refractivity contribution in [2.45, 2.75) is 164 Å². The predicted octanol–water partition coefficient (Wildman–Crippen LogP) is 3.71. The Balaban J connectivity index is 0.896. The first-order chi connectivity index (χ1) is 38.7. The molecule has 80 heavy (non-hydrogen) atoms. The number of benzene rings is 3. The molecule has 430 valence electrons. The van der Waals surface area contributed by atoms with E-state index in [4.69, 9.17) is 9.47 Å². The molecule has 20 heteroatoms. The molecule has 2 saturated heterocycles. The molecule has 0 aromatic heterocycles. The standard InChI is InChI=1S/C60H80N10O10/c1-35(61-3)53(71)67-51(37-15-7-5-8-16-37)59(77)69-33-41(31-47(69)57(75)65-45-27-29-79-49-21-13-11-19-43(45)49)63-55(73)39-23-25-40(26-24-39)56(74)64-42-32-48(58(76)66-46-28-30-80-50-22-14-12-20-44(46)50)70(34-42)60(78)52(38-17-9-6-10-18-38)68-54(72)36(2)62-4/h11-14,19-26,35-38,41-42,45-48,51-52,61-62H,5-10,15-18,27-34H2,1-4H3,(H,63,73)(H,64,74)(H,65,75)(H,66,76)(H,67,71)(H,68,72)/t35-,36-,41-,42-,45-,46-,47-,48-,51-,52-/m0/s1. The molecule has 8 amide bonds. The quantitative estimate of drug-likeness (QED) is 0.0908. The van der Waals surface area contributed by atoms with Gasteiger partial charge < -0.3 is 61.8 Å². The third-order valence-corrected chi connectivity index (χ3v) is 17.4. The molecule has 2 saturated carbocycles. The molecule has 20 nitrogen and oxygen atoms in total. The van der Waals surface area contributed by atoms with E-state index >= 15 is 0 Å². The van der Waals surface area contributed by atoms with Crippen LogP contribution in [0.15, 0.2) is 72.8 Å². The Labute approximate surface area is 468 Å². The molecule has 4 heterocycles. The van der Waals surface area contributed by atoms with Gasteiger partial charge in [0.15, 0.2) is 0 Å². The van der Waals surface area contributed by atoms with E-state index in [0.29, 0.717) is 37.6 Å². The SMILES string of the molecule is CN[C@@H](C)C(=O)N[C@H](C(=O)N1C[C@@H](NC(=O)c2ccc(C(=O)N[C@H]3C[C@@H](C(=O)N[C@H]4CCOc5ccccc54)N(C(=O)[C@@H](NC(=O)[C@H](C)NC)C4CCCCC4)C3)cc2)C[C@H]1C(=O)N[C@H]1CCOc2ccccc21)C1CCCCC1. The van der Waals surface area contributed by atoms with Crippen LogP contribution in [0.4, 0.5) is 0 Å². The molecule has 3 aromatic rings. The fourth-order valence-electron chi connectivity index (χ4n) is 12.6. The number of nitrogens with zero attached hydrogens (tertiary/aromatic N) is 2. The van der Waals surface area contributed by atoms with E-state index in [0.717, 1.165) is 75.3 Å². The van der Waals surface area contributed by atoms with Gasteiger partial charge in [-0.3, -0.25) is 38.4 Å². The summed E-state index contributed by atoms with van der Waals surface area (Å²) in [7, 11) is 3.36. The van der Waals surface area contributed by atoms with Crippen LogP contribution in [0.25, 0.3) is 0 Å². The summed E-state index contributed by atoms with van der Waals surface area (Å²) in [5.41, 5.74) is 2.16. The zero-order valence-corrected chi connectivity index (χ0v) is 46.6. The maximum atomic E-state index is 14.9. The van der Waals surface area contributed by atoms with E-state index in [1.54, 1.807) is 27.9 Å². The Morgan fingerprint density at radius 3 is 1.24 bits per heavy atom. The Hall–Kier alpha value is -7.06. The summed E-state index contributed by atoms with van der Waals surface area (Å²) < 4.78 is 11.7. The van der Waals surface area contributed by atoms with Gasteiger partial charge in [0.25, 0.3) is 11.8 Å². The summed E-state index contributed by atoms with van der Waals surface area (Å²) in [5, 5.41) is 24.4. The van der Waals surface area contributed by atoms with Crippen LogP contribution in [0.2, 0.25) is 0 Å². The predicted molar refractivity (Wildman–Crippen MR) is 298 cm³/mol. The van der Waals surface area contributed by atoms with Gasteiger partial charge >= 0.3 is 0 Å². The zero-order chi connectivity index (χ0) is 56.5. The van der Waals surface area contributed by atoms with Gasteiger partial charge in [-0.25, -0.2) is 0 Å². The molecule has 3 aromatic carbocycles. The van der Waals surface area contributed by atoms with Crippen LogP contribution in [0, 0.1) is 11.8 Å². The summed E-state index contributed by atoms with van der Waals surface area (Å²) in [4.78, 5) is 117. The summed E-state index contributed by atoms with van der Waals surface area (Å²) in [5.74, 6) is -1.93. The van der Waals surface area contributed by atoms with Gasteiger partial charge in [0.2, 0.25) is 35.4 Å². The van der Waals surface area contributed by atoms with E-state index in [-0.39, 0.29) is 96.4 Å². The van der Waals surface area contributed by atoms with Crippen LogP contribution in [-0.4, -0.2) is 146 Å². The molecule has 9 rings (SSSR count). The number of carbonyl (C=O) groups is 8. The van der Waals surface area contributed by atoms with Crippen molar-refractivity contribution in [1.82, 2.24) is 52.3 Å². The highest BCUT2D eigenvalue weighted by Gasteiger charge is 2.47. The van der Waals surface area contributed by atoms with Crippen molar-refractivity contribution in [3.63, 3.8) is 0 Å². The summed E-state index contributed by atoms with van der Waals surface area (Å²) in [6, 6.07) is 14.4. The van der Waals surface area contributed by atoms with Gasteiger partial charge in [0.05, 0.1) is 37.4 Å². The number of nitrogens with one attached hydrogen (secondary N) is 8. The second kappa shape index (κ2) is 26.5. The third kappa shape index (κ3) is 13.4. The topological polar surface area (TPSA) is 258 Å². The molecular formula is C60H80N10O10. The highest BCUT2D eigenvalue weighted by Crippen LogP contribution is 2.36. The zero-order valence-electron chi connectivity index (χ0n) is 46.6. The largest absolute Gasteiger partial charge is 0.493 e. The van der Waals surface area contributed by atoms with Crippen LogP contribution in [0.3, 0.4) is 0 Å². The number of ether oxygens (including phenoxy) is 2. The van der Waals surface area contributed by atoms with Gasteiger partial charge in [0, 0.05) is 60.3 Å². The maximum Gasteiger partial charge on any atom is 0.251 e. The molecule has 0 bridgehead atoms. The number of carbonyl (C=O) groups excluding carboxylic acids is 8. The van der Waals surface area contributed by atoms with Gasteiger partial charge in [0.1, 0.15) is 35.7 Å². The minimum absolute atomic E-state index is 0.0271. The van der Waals surface area contributed by atoms with Gasteiger partial charge in [-0.15, -0.1) is 0 Å². The average Bonchev–Trinajstić information content (AvgIpc) is 4.12. The highest BCUT2D eigenvalue weighted by molar-refractivity contribution is 5.99. The van der Waals surface area contributed by atoms with Crippen molar-refractivity contribution in [3.05, 3.63) is 95.1 Å². The maximum absolute atomic E-state index is 14.9. The molecule has 6 aliphatic rings. The third-order valence-electron chi connectivity index (χ3n) is 17.4. The summed E-state index contributed by atoms with van der Waals surface area (Å²) in [6.45, 7) is 4.31. The van der Waals surface area contributed by atoms with E-state index in [1.807, 2.05) is 48.5 Å². The monoisotopic (exact) mass is 1100 g/mol. The number of rotatable bonds is 18. The van der Waals surface area contributed by atoms with Gasteiger partial charge in [-0.05, 0) is 115 Å². The molecular weight excluding hydrogens is 1020 g/mol. The molecule has 4 aliphatic heterocycles. The molecule has 0 radical (unpaired) electrons. The number of fused-ring (bicyclic) bond motifs is 2. The molecule has 0 unspecified atom stereocenters. The lowest BCUT2D eigenvalue weighted by Crippen LogP contribution is -2.58. The Bertz CT molecular complexity index is 2550. The van der Waals surface area contributed by atoms with Crippen molar-refractivity contribution in [3.8, 4) is 11.5 Å². The number of likely N-dealkylation sites (N-methyl/N-ethyl adjacent to an activating group) is 2. The van der Waals surface area contributed by atoms with Crippen molar-refractivity contribution in [2.75, 3.05) is 40.4 Å². The molecule has 10 atom stereocenters. The van der Waals surface area contributed by atoms with Crippen LogP contribution in [-0.2, 0) is 28.8 Å². The van der Waals surface area contributed by atoms with E-state index in [9.17, 15) is 38.4 Å². The first-order valence-electron chi connectivity index (χ1n) is 29.0. The average molecular weight is 1100 g/mol. The van der Waals surface area contributed by atoms with Crippen molar-refractivity contribution in [1.29, 1.82) is 0 Å². The van der Waals surface area contributed by atoms with Crippen LogP contribution in [0.1, 0.15) is 148 Å². The molecule has 4 fully saturated rings.